The van der Waals surface area contributed by atoms with E-state index in [9.17, 15) is 8.42 Å². The van der Waals surface area contributed by atoms with Crippen molar-refractivity contribution in [1.82, 2.24) is 8.61 Å². The lowest BCUT2D eigenvalue weighted by atomic mass is 10.0. The van der Waals surface area contributed by atoms with Gasteiger partial charge >= 0.3 is 0 Å². The first-order valence-electron chi connectivity index (χ1n) is 6.22. The molecular formula is C11H23ClN2O2S. The monoisotopic (exact) mass is 282 g/mol. The molecule has 1 aliphatic rings. The Bertz CT molecular complexity index is 330. The SMILES string of the molecule is CC(C)N(C)S(=O)(=O)N1CCCCC1CCCl. The van der Waals surface area contributed by atoms with Crippen LogP contribution in [0.3, 0.4) is 0 Å². The van der Waals surface area contributed by atoms with Crippen molar-refractivity contribution in [3.63, 3.8) is 0 Å². The fraction of sp³-hybridized carbons (Fsp3) is 1.00. The van der Waals surface area contributed by atoms with Gasteiger partial charge in [-0.1, -0.05) is 6.42 Å². The minimum atomic E-state index is -3.32. The maximum atomic E-state index is 12.4. The summed E-state index contributed by atoms with van der Waals surface area (Å²) in [6.07, 6.45) is 3.72. The lowest BCUT2D eigenvalue weighted by Crippen LogP contribution is -2.51. The summed E-state index contributed by atoms with van der Waals surface area (Å²) < 4.78 is 27.9. The van der Waals surface area contributed by atoms with Gasteiger partial charge in [0.25, 0.3) is 10.2 Å². The maximum absolute atomic E-state index is 12.4. The summed E-state index contributed by atoms with van der Waals surface area (Å²) in [5, 5.41) is 0. The Morgan fingerprint density at radius 3 is 2.59 bits per heavy atom. The Kier molecular flexibility index (Phi) is 5.70. The molecule has 4 nitrogen and oxygen atoms in total. The molecule has 0 aromatic rings. The second-order valence-electron chi connectivity index (χ2n) is 4.86. The lowest BCUT2D eigenvalue weighted by Gasteiger charge is -2.37. The maximum Gasteiger partial charge on any atom is 0.282 e. The van der Waals surface area contributed by atoms with Crippen LogP contribution in [0.4, 0.5) is 0 Å². The van der Waals surface area contributed by atoms with E-state index in [2.05, 4.69) is 0 Å². The van der Waals surface area contributed by atoms with Crippen molar-refractivity contribution >= 4 is 21.8 Å². The lowest BCUT2D eigenvalue weighted by molar-refractivity contribution is 0.226. The molecule has 1 rings (SSSR count). The van der Waals surface area contributed by atoms with E-state index in [1.165, 1.54) is 4.31 Å². The summed E-state index contributed by atoms with van der Waals surface area (Å²) in [5.41, 5.74) is 0. The molecular weight excluding hydrogens is 260 g/mol. The van der Waals surface area contributed by atoms with E-state index in [-0.39, 0.29) is 12.1 Å². The zero-order chi connectivity index (χ0) is 13.1. The molecule has 17 heavy (non-hydrogen) atoms. The van der Waals surface area contributed by atoms with E-state index in [0.717, 1.165) is 25.7 Å². The largest absolute Gasteiger partial charge is 0.282 e. The molecule has 0 N–H and O–H groups in total. The minimum Gasteiger partial charge on any atom is -0.195 e. The van der Waals surface area contributed by atoms with Crippen LogP contribution in [0.2, 0.25) is 0 Å². The molecule has 1 saturated heterocycles. The molecule has 0 aromatic carbocycles. The smallest absolute Gasteiger partial charge is 0.195 e. The van der Waals surface area contributed by atoms with Crippen LogP contribution in [0.25, 0.3) is 0 Å². The van der Waals surface area contributed by atoms with Crippen LogP contribution in [-0.2, 0) is 10.2 Å². The van der Waals surface area contributed by atoms with Gasteiger partial charge in [-0.2, -0.15) is 17.0 Å². The molecule has 6 heteroatoms. The average Bonchev–Trinajstić information content (AvgIpc) is 2.29. The predicted molar refractivity (Wildman–Crippen MR) is 71.5 cm³/mol. The molecule has 0 aliphatic carbocycles. The number of alkyl halides is 1. The Morgan fingerprint density at radius 1 is 1.41 bits per heavy atom. The van der Waals surface area contributed by atoms with E-state index < -0.39 is 10.2 Å². The third-order valence-electron chi connectivity index (χ3n) is 3.40. The van der Waals surface area contributed by atoms with Gasteiger partial charge in [-0.25, -0.2) is 0 Å². The first kappa shape index (κ1) is 15.2. The average molecular weight is 283 g/mol. The van der Waals surface area contributed by atoms with Crippen LogP contribution in [0.15, 0.2) is 0 Å². The summed E-state index contributed by atoms with van der Waals surface area (Å²) in [5.74, 6) is 0.516. The summed E-state index contributed by atoms with van der Waals surface area (Å²) in [6, 6.07) is 0.0611. The second-order valence-corrected chi connectivity index (χ2v) is 7.17. The molecule has 0 bridgehead atoms. The van der Waals surface area contributed by atoms with Crippen LogP contribution in [0.1, 0.15) is 39.5 Å². The number of piperidine rings is 1. The summed E-state index contributed by atoms with van der Waals surface area (Å²) in [6.45, 7) is 4.40. The Hall–Kier alpha value is 0.160. The van der Waals surface area contributed by atoms with Gasteiger partial charge in [-0.3, -0.25) is 0 Å². The zero-order valence-corrected chi connectivity index (χ0v) is 12.5. The molecule has 0 aromatic heterocycles. The van der Waals surface area contributed by atoms with Crippen molar-refractivity contribution in [2.45, 2.75) is 51.6 Å². The van der Waals surface area contributed by atoms with Gasteiger partial charge in [0.05, 0.1) is 0 Å². The minimum absolute atomic E-state index is 0.0152. The van der Waals surface area contributed by atoms with E-state index in [4.69, 9.17) is 11.6 Å². The second kappa shape index (κ2) is 6.36. The highest BCUT2D eigenvalue weighted by Gasteiger charge is 2.35. The highest BCUT2D eigenvalue weighted by molar-refractivity contribution is 7.86. The van der Waals surface area contributed by atoms with E-state index >= 15 is 0 Å². The summed E-state index contributed by atoms with van der Waals surface area (Å²) in [7, 11) is -1.68. The Labute approximate surface area is 110 Å². The van der Waals surface area contributed by atoms with Crippen molar-refractivity contribution in [2.75, 3.05) is 19.5 Å². The molecule has 0 saturated carbocycles. The van der Waals surface area contributed by atoms with Gasteiger partial charge in [0.15, 0.2) is 0 Å². The van der Waals surface area contributed by atoms with Crippen LogP contribution in [0, 0.1) is 0 Å². The highest BCUT2D eigenvalue weighted by Crippen LogP contribution is 2.25. The molecule has 1 aliphatic heterocycles. The van der Waals surface area contributed by atoms with Crippen molar-refractivity contribution in [3.05, 3.63) is 0 Å². The molecule has 0 radical (unpaired) electrons. The van der Waals surface area contributed by atoms with Gasteiger partial charge in [-0.05, 0) is 33.1 Å². The van der Waals surface area contributed by atoms with E-state index in [1.54, 1.807) is 11.4 Å². The molecule has 0 amide bonds. The van der Waals surface area contributed by atoms with Crippen molar-refractivity contribution in [2.24, 2.45) is 0 Å². The molecule has 1 fully saturated rings. The van der Waals surface area contributed by atoms with Crippen molar-refractivity contribution in [3.8, 4) is 0 Å². The Balaban J connectivity index is 2.86. The van der Waals surface area contributed by atoms with Gasteiger partial charge in [-0.15, -0.1) is 11.6 Å². The predicted octanol–water partition coefficient (Wildman–Crippen LogP) is 2.05. The van der Waals surface area contributed by atoms with Crippen molar-refractivity contribution < 1.29 is 8.42 Å². The highest BCUT2D eigenvalue weighted by atomic mass is 35.5. The van der Waals surface area contributed by atoms with Crippen molar-refractivity contribution in [1.29, 1.82) is 0 Å². The molecule has 102 valence electrons. The van der Waals surface area contributed by atoms with E-state index in [0.29, 0.717) is 12.4 Å². The fourth-order valence-electron chi connectivity index (χ4n) is 2.12. The van der Waals surface area contributed by atoms with Gasteiger partial charge in [0, 0.05) is 31.6 Å². The van der Waals surface area contributed by atoms with Crippen LogP contribution in [-0.4, -0.2) is 48.6 Å². The third kappa shape index (κ3) is 3.56. The normalized spacial score (nSPS) is 23.5. The first-order valence-corrected chi connectivity index (χ1v) is 8.15. The third-order valence-corrected chi connectivity index (χ3v) is 5.84. The first-order chi connectivity index (χ1) is 7.91. The Morgan fingerprint density at radius 2 is 2.06 bits per heavy atom. The van der Waals surface area contributed by atoms with Gasteiger partial charge in [0.2, 0.25) is 0 Å². The molecule has 1 heterocycles. The number of rotatable bonds is 5. The quantitative estimate of drug-likeness (QED) is 0.724. The molecule has 1 unspecified atom stereocenters. The zero-order valence-electron chi connectivity index (χ0n) is 10.9. The topological polar surface area (TPSA) is 40.6 Å². The molecule has 0 spiro atoms. The van der Waals surface area contributed by atoms with E-state index in [1.807, 2.05) is 13.8 Å². The molecule has 1 atom stereocenters. The van der Waals surface area contributed by atoms with Crippen LogP contribution in [0.5, 0.6) is 0 Å². The fourth-order valence-corrected chi connectivity index (χ4v) is 4.19. The standard InChI is InChI=1S/C11H23ClN2O2S/c1-10(2)13(3)17(15,16)14-9-5-4-6-11(14)7-8-12/h10-11H,4-9H2,1-3H3. The van der Waals surface area contributed by atoms with Gasteiger partial charge < -0.3 is 0 Å². The van der Waals surface area contributed by atoms with Gasteiger partial charge in [0.1, 0.15) is 0 Å². The number of halogens is 1. The van der Waals surface area contributed by atoms with Crippen LogP contribution >= 0.6 is 11.6 Å². The number of hydrogen-bond donors (Lipinski definition) is 0. The van der Waals surface area contributed by atoms with Crippen LogP contribution < -0.4 is 0 Å². The number of hydrogen-bond acceptors (Lipinski definition) is 2. The number of nitrogens with zero attached hydrogens (tertiary/aromatic N) is 2. The summed E-state index contributed by atoms with van der Waals surface area (Å²) >= 11 is 5.76. The summed E-state index contributed by atoms with van der Waals surface area (Å²) in [4.78, 5) is 0.